The fourth-order valence-corrected chi connectivity index (χ4v) is 3.89. The third-order valence-corrected chi connectivity index (χ3v) is 6.41. The van der Waals surface area contributed by atoms with Gasteiger partial charge in [0.25, 0.3) is 0 Å². The van der Waals surface area contributed by atoms with Crippen LogP contribution in [0.2, 0.25) is 0 Å². The number of nitrogens with one attached hydrogen (secondary N) is 2. The number of hydrogen-bond acceptors (Lipinski definition) is 3. The van der Waals surface area contributed by atoms with Gasteiger partial charge in [-0.25, -0.2) is 4.99 Å². The Hall–Kier alpha value is -1.25. The lowest BCUT2D eigenvalue weighted by Gasteiger charge is -2.36. The summed E-state index contributed by atoms with van der Waals surface area (Å²) in [7, 11) is 0. The minimum atomic E-state index is 0. The molecule has 1 saturated heterocycles. The van der Waals surface area contributed by atoms with Crippen LogP contribution in [0.3, 0.4) is 0 Å². The van der Waals surface area contributed by atoms with E-state index >= 15 is 0 Å². The summed E-state index contributed by atoms with van der Waals surface area (Å²) in [4.78, 5) is 4.82. The van der Waals surface area contributed by atoms with Crippen LogP contribution >= 0.6 is 35.7 Å². The first-order valence-corrected chi connectivity index (χ1v) is 10.7. The first-order valence-electron chi connectivity index (χ1n) is 9.48. The summed E-state index contributed by atoms with van der Waals surface area (Å²) in [6.45, 7) is 5.31. The third-order valence-electron chi connectivity index (χ3n) is 4.99. The summed E-state index contributed by atoms with van der Waals surface area (Å²) in [5, 5.41) is 7.01. The molecule has 0 aromatic heterocycles. The van der Waals surface area contributed by atoms with Gasteiger partial charge in [0.05, 0.1) is 6.54 Å². The number of halogens is 1. The first kappa shape index (κ1) is 23.0. The van der Waals surface area contributed by atoms with Gasteiger partial charge in [0.15, 0.2) is 5.96 Å². The Kier molecular flexibility index (Phi) is 9.61. The van der Waals surface area contributed by atoms with Crippen molar-refractivity contribution in [2.75, 3.05) is 31.3 Å². The first-order chi connectivity index (χ1) is 13.2. The number of ether oxygens (including phenoxy) is 1. The van der Waals surface area contributed by atoms with Crippen molar-refractivity contribution in [2.24, 2.45) is 4.99 Å². The average Bonchev–Trinajstić information content (AvgIpc) is 2.72. The number of aliphatic imine (C=N–C) groups is 1. The number of rotatable bonds is 6. The van der Waals surface area contributed by atoms with Crippen LogP contribution in [0.5, 0.6) is 0 Å². The average molecular weight is 511 g/mol. The molecule has 1 heterocycles. The van der Waals surface area contributed by atoms with Crippen molar-refractivity contribution >= 4 is 47.4 Å². The molecule has 6 heteroatoms. The van der Waals surface area contributed by atoms with E-state index in [1.165, 1.54) is 11.1 Å². The maximum absolute atomic E-state index is 5.56. The number of para-hydroxylation sites is 1. The van der Waals surface area contributed by atoms with Gasteiger partial charge < -0.3 is 15.4 Å². The molecule has 0 aliphatic carbocycles. The fraction of sp³-hybridized carbons (Fsp3) is 0.409. The predicted molar refractivity (Wildman–Crippen MR) is 132 cm³/mol. The van der Waals surface area contributed by atoms with Crippen molar-refractivity contribution in [1.29, 1.82) is 0 Å². The molecular formula is C22H30IN3OS. The molecule has 1 aliphatic rings. The minimum Gasteiger partial charge on any atom is -0.381 e. The molecule has 2 aromatic carbocycles. The summed E-state index contributed by atoms with van der Waals surface area (Å²) < 4.78 is 5.77. The molecule has 4 nitrogen and oxygen atoms in total. The number of aryl methyl sites for hydroxylation is 1. The number of anilines is 1. The van der Waals surface area contributed by atoms with Gasteiger partial charge in [0.1, 0.15) is 0 Å². The molecule has 2 N–H and O–H groups in total. The van der Waals surface area contributed by atoms with Gasteiger partial charge in [-0.2, -0.15) is 11.8 Å². The van der Waals surface area contributed by atoms with Crippen LogP contribution < -0.4 is 10.6 Å². The molecule has 152 valence electrons. The minimum absolute atomic E-state index is 0. The predicted octanol–water partition coefficient (Wildman–Crippen LogP) is 5.08. The van der Waals surface area contributed by atoms with E-state index in [-0.39, 0.29) is 28.7 Å². The van der Waals surface area contributed by atoms with Crippen molar-refractivity contribution in [3.63, 3.8) is 0 Å². The van der Waals surface area contributed by atoms with E-state index in [1.807, 2.05) is 30.0 Å². The van der Waals surface area contributed by atoms with Gasteiger partial charge in [-0.1, -0.05) is 48.0 Å². The largest absolute Gasteiger partial charge is 0.381 e. The normalized spacial score (nSPS) is 16.1. The molecule has 28 heavy (non-hydrogen) atoms. The Morgan fingerprint density at radius 3 is 2.39 bits per heavy atom. The van der Waals surface area contributed by atoms with Crippen molar-refractivity contribution in [1.82, 2.24) is 5.32 Å². The summed E-state index contributed by atoms with van der Waals surface area (Å²) in [6.07, 6.45) is 4.33. The molecular weight excluding hydrogens is 481 g/mol. The molecule has 0 unspecified atom stereocenters. The van der Waals surface area contributed by atoms with Crippen molar-refractivity contribution in [3.05, 3.63) is 65.7 Å². The summed E-state index contributed by atoms with van der Waals surface area (Å²) in [5.74, 6) is 0.821. The molecule has 3 rings (SSSR count). The molecule has 0 saturated carbocycles. The van der Waals surface area contributed by atoms with Gasteiger partial charge in [-0.15, -0.1) is 24.0 Å². The van der Waals surface area contributed by atoms with E-state index in [0.717, 1.165) is 44.2 Å². The Balaban J connectivity index is 0.00000280. The van der Waals surface area contributed by atoms with Crippen molar-refractivity contribution in [2.45, 2.75) is 31.1 Å². The molecule has 0 bridgehead atoms. The second-order valence-electron chi connectivity index (χ2n) is 6.99. The lowest BCUT2D eigenvalue weighted by Crippen LogP contribution is -2.46. The highest BCUT2D eigenvalue weighted by molar-refractivity contribution is 14.0. The second-order valence-corrected chi connectivity index (χ2v) is 8.27. The molecule has 0 amide bonds. The summed E-state index contributed by atoms with van der Waals surface area (Å²) in [5.41, 5.74) is 3.52. The third kappa shape index (κ3) is 6.97. The van der Waals surface area contributed by atoms with Crippen LogP contribution in [0, 0.1) is 6.92 Å². The Bertz CT molecular complexity index is 731. The second kappa shape index (κ2) is 11.7. The monoisotopic (exact) mass is 511 g/mol. The summed E-state index contributed by atoms with van der Waals surface area (Å²) in [6, 6.07) is 18.7. The van der Waals surface area contributed by atoms with Crippen LogP contribution in [-0.4, -0.2) is 36.7 Å². The van der Waals surface area contributed by atoms with E-state index in [9.17, 15) is 0 Å². The van der Waals surface area contributed by atoms with Crippen molar-refractivity contribution in [3.8, 4) is 0 Å². The number of guanidine groups is 1. The number of nitrogens with zero attached hydrogens (tertiary/aromatic N) is 1. The highest BCUT2D eigenvalue weighted by Crippen LogP contribution is 2.33. The van der Waals surface area contributed by atoms with E-state index in [2.05, 4.69) is 60.2 Å². The summed E-state index contributed by atoms with van der Waals surface area (Å²) >= 11 is 1.93. The Morgan fingerprint density at radius 1 is 1.07 bits per heavy atom. The molecule has 0 spiro atoms. The highest BCUT2D eigenvalue weighted by atomic mass is 127. The van der Waals surface area contributed by atoms with Gasteiger partial charge in [0.2, 0.25) is 0 Å². The molecule has 1 aliphatic heterocycles. The number of hydrogen-bond donors (Lipinski definition) is 2. The van der Waals surface area contributed by atoms with Crippen molar-refractivity contribution < 1.29 is 4.74 Å². The topological polar surface area (TPSA) is 45.7 Å². The van der Waals surface area contributed by atoms with Gasteiger partial charge in [-0.3, -0.25) is 0 Å². The van der Waals surface area contributed by atoms with Crippen LogP contribution in [-0.2, 0) is 11.3 Å². The van der Waals surface area contributed by atoms with Crippen LogP contribution in [0.25, 0.3) is 0 Å². The van der Waals surface area contributed by atoms with E-state index in [0.29, 0.717) is 6.54 Å². The molecule has 2 aromatic rings. The number of benzene rings is 2. The van der Waals surface area contributed by atoms with Crippen LogP contribution in [0.1, 0.15) is 24.0 Å². The number of thioether (sulfide) groups is 1. The molecule has 1 fully saturated rings. The lowest BCUT2D eigenvalue weighted by atomic mass is 9.99. The Labute approximate surface area is 190 Å². The standard InChI is InChI=1S/C22H29N3OS.HI/c1-18-8-10-19(11-9-18)16-23-21(25-20-6-4-3-5-7-20)24-17-22(27-2)12-14-26-15-13-22;/h3-11H,12-17H2,1-2H3,(H2,23,24,25);1H. The van der Waals surface area contributed by atoms with Gasteiger partial charge in [0, 0.05) is 30.2 Å². The van der Waals surface area contributed by atoms with E-state index < -0.39 is 0 Å². The van der Waals surface area contributed by atoms with E-state index in [4.69, 9.17) is 9.73 Å². The smallest absolute Gasteiger partial charge is 0.196 e. The lowest BCUT2D eigenvalue weighted by molar-refractivity contribution is 0.0783. The highest BCUT2D eigenvalue weighted by Gasteiger charge is 2.31. The molecule has 0 radical (unpaired) electrons. The zero-order valence-corrected chi connectivity index (χ0v) is 19.8. The van der Waals surface area contributed by atoms with Crippen LogP contribution in [0.4, 0.5) is 5.69 Å². The van der Waals surface area contributed by atoms with Gasteiger partial charge in [-0.05, 0) is 43.7 Å². The van der Waals surface area contributed by atoms with Crippen LogP contribution in [0.15, 0.2) is 59.6 Å². The zero-order chi connectivity index (χ0) is 19.0. The van der Waals surface area contributed by atoms with E-state index in [1.54, 1.807) is 0 Å². The fourth-order valence-electron chi connectivity index (χ4n) is 3.10. The SMILES string of the molecule is CSC1(CNC(=NCc2ccc(C)cc2)Nc2ccccc2)CCOCC1.I. The van der Waals surface area contributed by atoms with Gasteiger partial charge >= 0.3 is 0 Å². The zero-order valence-electron chi connectivity index (χ0n) is 16.6. The maximum Gasteiger partial charge on any atom is 0.196 e. The quantitative estimate of drug-likeness (QED) is 0.323. The molecule has 0 atom stereocenters. The maximum atomic E-state index is 5.56. The Morgan fingerprint density at radius 2 is 1.75 bits per heavy atom.